The number of aromatic nitrogens is 4. The van der Waals surface area contributed by atoms with E-state index in [9.17, 15) is 48.5 Å². The number of aryl methyl sites for hydroxylation is 4. The summed E-state index contributed by atoms with van der Waals surface area (Å²) >= 11 is 0. The monoisotopic (exact) mass is 1210 g/mol. The number of non-ortho nitro benzene ring substituents is 1. The maximum absolute atomic E-state index is 13.9. The minimum Gasteiger partial charge on any atom is -0.487 e. The Morgan fingerprint density at radius 3 is 0.966 bits per heavy atom. The molecule has 0 fully saturated rings. The number of unbranched alkanes of at least 4 members (excludes halogenated alkanes) is 4. The van der Waals surface area contributed by atoms with Crippen LogP contribution in [-0.4, -0.2) is 148 Å². The first-order chi connectivity index (χ1) is 41.8. The molecule has 0 bridgehead atoms. The molecule has 0 saturated heterocycles. The van der Waals surface area contributed by atoms with E-state index in [1.807, 2.05) is 37.5 Å². The molecule has 0 radical (unpaired) electrons. The number of nitro benzene ring substituents is 1. The van der Waals surface area contributed by atoms with Gasteiger partial charge in [0.2, 0.25) is 0 Å². The molecule has 474 valence electrons. The Morgan fingerprint density at radius 1 is 0.460 bits per heavy atom. The molecule has 4 amide bonds. The van der Waals surface area contributed by atoms with Crippen LogP contribution in [0.4, 0.5) is 5.69 Å². The highest BCUT2D eigenvalue weighted by Gasteiger charge is 2.25. The Morgan fingerprint density at radius 2 is 0.724 bits per heavy atom. The molecule has 0 aliphatic heterocycles. The number of nitrogens with one attached hydrogen (secondary N) is 4. The summed E-state index contributed by atoms with van der Waals surface area (Å²) in [5.41, 5.74) is -0.974. The van der Waals surface area contributed by atoms with Crippen molar-refractivity contribution in [1.82, 2.24) is 49.3 Å². The molecule has 5 aromatic rings. The van der Waals surface area contributed by atoms with Crippen LogP contribution in [0.25, 0.3) is 0 Å². The normalized spacial score (nSPS) is 11.2. The van der Waals surface area contributed by atoms with E-state index in [1.54, 1.807) is 40.3 Å². The van der Waals surface area contributed by atoms with E-state index in [2.05, 4.69) is 21.3 Å². The van der Waals surface area contributed by atoms with Crippen LogP contribution < -0.4 is 62.5 Å². The summed E-state index contributed by atoms with van der Waals surface area (Å²) in [5, 5.41) is 23.6. The van der Waals surface area contributed by atoms with E-state index in [0.717, 1.165) is 31.2 Å². The molecule has 0 aliphatic carbocycles. The average molecular weight is 1210 g/mol. The van der Waals surface area contributed by atoms with Crippen molar-refractivity contribution in [3.63, 3.8) is 0 Å². The molecule has 25 heteroatoms. The van der Waals surface area contributed by atoms with Crippen molar-refractivity contribution in [2.24, 2.45) is 34.1 Å². The number of benzene rings is 1. The van der Waals surface area contributed by atoms with E-state index >= 15 is 0 Å². The van der Waals surface area contributed by atoms with Crippen molar-refractivity contribution in [1.29, 1.82) is 0 Å². The van der Waals surface area contributed by atoms with Crippen LogP contribution in [0.15, 0.2) is 92.5 Å². The predicted molar refractivity (Wildman–Crippen MR) is 331 cm³/mol. The van der Waals surface area contributed by atoms with Gasteiger partial charge in [0.05, 0.1) is 53.6 Å². The number of hydrogen-bond donors (Lipinski definition) is 4. The second kappa shape index (κ2) is 35.8. The lowest BCUT2D eigenvalue weighted by Gasteiger charge is -2.32. The molecule has 0 aliphatic rings. The quantitative estimate of drug-likeness (QED) is 0.0238. The number of amides is 4. The van der Waals surface area contributed by atoms with Crippen LogP contribution >= 0.6 is 0 Å². The molecule has 1 aromatic carbocycles. The Bertz CT molecular complexity index is 2970. The Kier molecular flexibility index (Phi) is 28.5. The van der Waals surface area contributed by atoms with E-state index < -0.39 is 50.8 Å². The van der Waals surface area contributed by atoms with Crippen molar-refractivity contribution in [2.75, 3.05) is 91.9 Å². The minimum atomic E-state index is -0.544. The first-order valence-electron chi connectivity index (χ1n) is 29.9. The molecule has 4 heterocycles. The van der Waals surface area contributed by atoms with Crippen LogP contribution in [-0.2, 0) is 34.6 Å². The lowest BCUT2D eigenvalue weighted by Crippen LogP contribution is -2.46. The molecule has 87 heavy (non-hydrogen) atoms. The van der Waals surface area contributed by atoms with Crippen LogP contribution in [0.2, 0.25) is 0 Å². The molecular formula is C62H87N11O14. The summed E-state index contributed by atoms with van der Waals surface area (Å²) in [6, 6.07) is 12.2. The van der Waals surface area contributed by atoms with Crippen LogP contribution in [0.3, 0.4) is 0 Å². The topological polar surface area (TPSA) is 291 Å². The minimum absolute atomic E-state index is 0.0615. The first kappa shape index (κ1) is 69.2. The fourth-order valence-electron chi connectivity index (χ4n) is 9.25. The third-order valence-corrected chi connectivity index (χ3v) is 14.4. The number of carbonyl (C=O) groups excluding carboxylic acids is 4. The standard InChI is InChI=1S/C62H87N11O14/c1-9-13-37-84-51-47(21-29-67(5)59(51)78)55(74)63-25-33-71(34-26-64-56(75)48-22-30-68(6)60(79)52(48)85-38-14-10-2)42-45(41-44-17-19-46(20-18-44)73(82)83)43-72(35-27-65-57(76)49-23-31-69(7)61(80)53(49)86-39-15-11-3)36-28-66-58(77)50-24-32-70(8)62(81)54(50)87-40-16-12-4/h17-24,29-32,45H,9-16,25-28,33-43H2,1-8H3,(H,63,74)(H,64,75)(H,65,76)(H,66,77). The highest BCUT2D eigenvalue weighted by atomic mass is 16.6. The van der Waals surface area contributed by atoms with Gasteiger partial charge >= 0.3 is 0 Å². The Hall–Kier alpha value is -8.58. The van der Waals surface area contributed by atoms with Crippen molar-refractivity contribution in [2.45, 2.75) is 85.5 Å². The van der Waals surface area contributed by atoms with Crippen molar-refractivity contribution in [3.05, 3.63) is 153 Å². The maximum Gasteiger partial charge on any atom is 0.293 e. The molecule has 0 unspecified atom stereocenters. The van der Waals surface area contributed by atoms with Gasteiger partial charge in [0, 0.05) is 131 Å². The first-order valence-corrected chi connectivity index (χ1v) is 29.9. The second-order valence-corrected chi connectivity index (χ2v) is 21.3. The van der Waals surface area contributed by atoms with Gasteiger partial charge in [-0.1, -0.05) is 65.5 Å². The van der Waals surface area contributed by atoms with Crippen molar-refractivity contribution in [3.8, 4) is 23.0 Å². The van der Waals surface area contributed by atoms with Gasteiger partial charge in [0.1, 0.15) is 0 Å². The number of nitro groups is 1. The van der Waals surface area contributed by atoms with Gasteiger partial charge in [0.15, 0.2) is 23.0 Å². The Balaban J connectivity index is 1.50. The summed E-state index contributed by atoms with van der Waals surface area (Å²) in [5.74, 6) is -2.81. The van der Waals surface area contributed by atoms with E-state index in [4.69, 9.17) is 18.9 Å². The maximum atomic E-state index is 13.9. The number of carbonyl (C=O) groups is 4. The van der Waals surface area contributed by atoms with Crippen LogP contribution in [0, 0.1) is 16.0 Å². The molecule has 25 nitrogen and oxygen atoms in total. The predicted octanol–water partition coefficient (Wildman–Crippen LogP) is 4.59. The van der Waals surface area contributed by atoms with Gasteiger partial charge < -0.3 is 58.5 Å². The lowest BCUT2D eigenvalue weighted by molar-refractivity contribution is -0.384. The van der Waals surface area contributed by atoms with Crippen LogP contribution in [0.1, 0.15) is 126 Å². The van der Waals surface area contributed by atoms with Gasteiger partial charge in [0.25, 0.3) is 51.6 Å². The zero-order valence-corrected chi connectivity index (χ0v) is 51.6. The van der Waals surface area contributed by atoms with Gasteiger partial charge in [-0.15, -0.1) is 0 Å². The molecule has 4 N–H and O–H groups in total. The zero-order chi connectivity index (χ0) is 63.4. The molecule has 0 atom stereocenters. The molecule has 0 spiro atoms. The number of ether oxygens (including phenoxy) is 4. The van der Waals surface area contributed by atoms with E-state index in [-0.39, 0.29) is 149 Å². The fraction of sp³-hybridized carbons (Fsp3) is 0.516. The second-order valence-electron chi connectivity index (χ2n) is 21.3. The molecule has 5 rings (SSSR count). The lowest BCUT2D eigenvalue weighted by atomic mass is 9.97. The van der Waals surface area contributed by atoms with Gasteiger partial charge in [-0.3, -0.25) is 58.3 Å². The van der Waals surface area contributed by atoms with Crippen molar-refractivity contribution < 1.29 is 43.0 Å². The number of hydrogen-bond acceptors (Lipinski definition) is 16. The number of nitrogens with zero attached hydrogens (tertiary/aromatic N) is 7. The zero-order valence-electron chi connectivity index (χ0n) is 51.6. The third-order valence-electron chi connectivity index (χ3n) is 14.4. The number of pyridine rings is 4. The molecule has 4 aromatic heterocycles. The average Bonchev–Trinajstić information content (AvgIpc) is 2.01. The van der Waals surface area contributed by atoms with E-state index in [0.29, 0.717) is 32.1 Å². The van der Waals surface area contributed by atoms with Gasteiger partial charge in [-0.05, 0) is 67.9 Å². The summed E-state index contributed by atoms with van der Waals surface area (Å²) in [6.45, 7) is 10.5. The SMILES string of the molecule is CCCCOc1c(C(=O)NCCN(CCNC(=O)c2ccn(C)c(=O)c2OCCCC)CC(Cc2ccc([N+](=O)[O-])cc2)CN(CCNC(=O)c2ccn(C)c(=O)c2OCCCC)CCNC(=O)c2ccn(C)c(=O)c2OCCCC)ccn(C)c1=O. The molecule has 0 saturated carbocycles. The van der Waals surface area contributed by atoms with E-state index in [1.165, 1.54) is 79.5 Å². The summed E-state index contributed by atoms with van der Waals surface area (Å²) in [4.78, 5) is 124. The highest BCUT2D eigenvalue weighted by Crippen LogP contribution is 2.20. The summed E-state index contributed by atoms with van der Waals surface area (Å²) in [6.07, 6.45) is 12.2. The third kappa shape index (κ3) is 20.8. The fourth-order valence-corrected chi connectivity index (χ4v) is 9.25. The smallest absolute Gasteiger partial charge is 0.293 e. The number of rotatable bonds is 39. The summed E-state index contributed by atoms with van der Waals surface area (Å²) in [7, 11) is 6.26. The van der Waals surface area contributed by atoms with Gasteiger partial charge in [-0.2, -0.15) is 0 Å². The van der Waals surface area contributed by atoms with Gasteiger partial charge in [-0.25, -0.2) is 0 Å². The summed E-state index contributed by atoms with van der Waals surface area (Å²) < 4.78 is 28.7. The largest absolute Gasteiger partial charge is 0.487 e. The highest BCUT2D eigenvalue weighted by molar-refractivity contribution is 5.98. The van der Waals surface area contributed by atoms with Crippen molar-refractivity contribution >= 4 is 29.3 Å². The Labute approximate surface area is 507 Å². The van der Waals surface area contributed by atoms with Crippen LogP contribution in [0.5, 0.6) is 23.0 Å². The molecular weight excluding hydrogens is 1120 g/mol.